The molecule has 0 aliphatic rings. The van der Waals surface area contributed by atoms with Crippen molar-refractivity contribution < 1.29 is 0 Å². The number of nitriles is 1. The Labute approximate surface area is 98.3 Å². The van der Waals surface area contributed by atoms with Crippen LogP contribution in [0.15, 0.2) is 18.2 Å². The van der Waals surface area contributed by atoms with E-state index in [4.69, 9.17) is 5.26 Å². The normalized spacial score (nSPS) is 13.0. The zero-order valence-electron chi connectivity index (χ0n) is 10.8. The molecule has 86 valence electrons. The highest BCUT2D eigenvalue weighted by molar-refractivity contribution is 5.62. The number of rotatable bonds is 2. The van der Waals surface area contributed by atoms with E-state index in [1.54, 1.807) is 0 Å². The first-order chi connectivity index (χ1) is 7.36. The molecule has 0 saturated carbocycles. The third-order valence-corrected chi connectivity index (χ3v) is 3.05. The summed E-state index contributed by atoms with van der Waals surface area (Å²) in [6.45, 7) is 10.7. The molecule has 1 aromatic rings. The van der Waals surface area contributed by atoms with E-state index < -0.39 is 0 Å². The van der Waals surface area contributed by atoms with Crippen molar-refractivity contribution in [3.63, 3.8) is 0 Å². The van der Waals surface area contributed by atoms with Gasteiger partial charge in [-0.2, -0.15) is 5.26 Å². The quantitative estimate of drug-likeness (QED) is 0.818. The highest BCUT2D eigenvalue weighted by Gasteiger charge is 2.21. The third-order valence-electron chi connectivity index (χ3n) is 3.05. The van der Waals surface area contributed by atoms with Crippen LogP contribution in [-0.2, 0) is 0 Å². The molecule has 1 aromatic carbocycles. The largest absolute Gasteiger partial charge is 0.381 e. The van der Waals surface area contributed by atoms with Crippen molar-refractivity contribution in [1.82, 2.24) is 0 Å². The Hall–Kier alpha value is -1.49. The van der Waals surface area contributed by atoms with Gasteiger partial charge in [0.2, 0.25) is 0 Å². The maximum atomic E-state index is 9.07. The van der Waals surface area contributed by atoms with Gasteiger partial charge in [-0.05, 0) is 30.9 Å². The molecule has 1 rings (SSSR count). The average molecular weight is 216 g/mol. The number of aryl methyl sites for hydroxylation is 1. The Morgan fingerprint density at radius 2 is 1.94 bits per heavy atom. The molecule has 0 aliphatic heterocycles. The van der Waals surface area contributed by atoms with Gasteiger partial charge >= 0.3 is 0 Å². The van der Waals surface area contributed by atoms with Gasteiger partial charge in [-0.25, -0.2) is 0 Å². The molecule has 2 heteroatoms. The fraction of sp³-hybridized carbons (Fsp3) is 0.500. The van der Waals surface area contributed by atoms with Gasteiger partial charge in [0.1, 0.15) is 6.07 Å². The highest BCUT2D eigenvalue weighted by Crippen LogP contribution is 2.26. The van der Waals surface area contributed by atoms with Crippen molar-refractivity contribution in [2.45, 2.75) is 40.7 Å². The Morgan fingerprint density at radius 3 is 2.44 bits per heavy atom. The molecule has 0 saturated heterocycles. The lowest BCUT2D eigenvalue weighted by Gasteiger charge is -2.30. The maximum Gasteiger partial charge on any atom is 0.101 e. The van der Waals surface area contributed by atoms with Gasteiger partial charge < -0.3 is 5.32 Å². The van der Waals surface area contributed by atoms with Crippen LogP contribution in [0.4, 0.5) is 5.69 Å². The molecule has 0 radical (unpaired) electrons. The van der Waals surface area contributed by atoms with Gasteiger partial charge in [-0.1, -0.05) is 32.9 Å². The highest BCUT2D eigenvalue weighted by atomic mass is 14.9. The fourth-order valence-electron chi connectivity index (χ4n) is 1.39. The van der Waals surface area contributed by atoms with Crippen molar-refractivity contribution in [1.29, 1.82) is 5.26 Å². The lowest BCUT2D eigenvalue weighted by molar-refractivity contribution is 0.359. The van der Waals surface area contributed by atoms with Crippen molar-refractivity contribution >= 4 is 5.69 Å². The summed E-state index contributed by atoms with van der Waals surface area (Å²) in [7, 11) is 0. The predicted octanol–water partition coefficient (Wildman–Crippen LogP) is 3.71. The van der Waals surface area contributed by atoms with Crippen molar-refractivity contribution in [3.8, 4) is 6.07 Å². The van der Waals surface area contributed by atoms with Gasteiger partial charge in [0.25, 0.3) is 0 Å². The first-order valence-corrected chi connectivity index (χ1v) is 5.62. The van der Waals surface area contributed by atoms with E-state index in [-0.39, 0.29) is 5.41 Å². The van der Waals surface area contributed by atoms with Crippen molar-refractivity contribution in [2.75, 3.05) is 5.32 Å². The summed E-state index contributed by atoms with van der Waals surface area (Å²) < 4.78 is 0. The predicted molar refractivity (Wildman–Crippen MR) is 68.4 cm³/mol. The molecule has 16 heavy (non-hydrogen) atoms. The number of benzene rings is 1. The Bertz CT molecular complexity index is 408. The third kappa shape index (κ3) is 2.76. The SMILES string of the molecule is Cc1cccc(C#N)c1NC(C)C(C)(C)C. The van der Waals surface area contributed by atoms with Crippen LogP contribution in [0, 0.1) is 23.7 Å². The molecule has 0 amide bonds. The lowest BCUT2D eigenvalue weighted by atomic mass is 9.87. The van der Waals surface area contributed by atoms with Gasteiger partial charge in [0, 0.05) is 6.04 Å². The molecular formula is C14H20N2. The summed E-state index contributed by atoms with van der Waals surface area (Å²) in [5, 5.41) is 12.5. The van der Waals surface area contributed by atoms with E-state index in [1.165, 1.54) is 0 Å². The van der Waals surface area contributed by atoms with Gasteiger partial charge in [-0.15, -0.1) is 0 Å². The van der Waals surface area contributed by atoms with Crippen LogP contribution in [0.5, 0.6) is 0 Å². The van der Waals surface area contributed by atoms with Gasteiger partial charge in [0.15, 0.2) is 0 Å². The summed E-state index contributed by atoms with van der Waals surface area (Å²) in [4.78, 5) is 0. The number of nitrogens with one attached hydrogen (secondary N) is 1. The summed E-state index contributed by atoms with van der Waals surface area (Å²) in [6, 6.07) is 8.35. The molecule has 0 aromatic heterocycles. The Kier molecular flexibility index (Phi) is 3.59. The van der Waals surface area contributed by atoms with E-state index in [2.05, 4.69) is 39.1 Å². The number of nitrogens with zero attached hydrogens (tertiary/aromatic N) is 1. The molecule has 0 fully saturated rings. The van der Waals surface area contributed by atoms with Gasteiger partial charge in [0.05, 0.1) is 11.3 Å². The van der Waals surface area contributed by atoms with Crippen LogP contribution >= 0.6 is 0 Å². The molecule has 1 atom stereocenters. The van der Waals surface area contributed by atoms with E-state index >= 15 is 0 Å². The van der Waals surface area contributed by atoms with E-state index in [1.807, 2.05) is 25.1 Å². The molecule has 0 bridgehead atoms. The van der Waals surface area contributed by atoms with E-state index in [0.717, 1.165) is 16.8 Å². The molecule has 1 unspecified atom stereocenters. The summed E-state index contributed by atoms with van der Waals surface area (Å²) in [6.07, 6.45) is 0. The van der Waals surface area contributed by atoms with Crippen LogP contribution in [0.1, 0.15) is 38.8 Å². The Morgan fingerprint density at radius 1 is 1.31 bits per heavy atom. The van der Waals surface area contributed by atoms with Crippen LogP contribution in [-0.4, -0.2) is 6.04 Å². The smallest absolute Gasteiger partial charge is 0.101 e. The zero-order valence-corrected chi connectivity index (χ0v) is 10.8. The fourth-order valence-corrected chi connectivity index (χ4v) is 1.39. The van der Waals surface area contributed by atoms with Crippen molar-refractivity contribution in [2.24, 2.45) is 5.41 Å². The molecule has 2 nitrogen and oxygen atoms in total. The van der Waals surface area contributed by atoms with Gasteiger partial charge in [-0.3, -0.25) is 0 Å². The number of hydrogen-bond acceptors (Lipinski definition) is 2. The molecule has 0 aliphatic carbocycles. The van der Waals surface area contributed by atoms with E-state index in [9.17, 15) is 0 Å². The van der Waals surface area contributed by atoms with Crippen LogP contribution in [0.25, 0.3) is 0 Å². The number of para-hydroxylation sites is 1. The van der Waals surface area contributed by atoms with E-state index in [0.29, 0.717) is 6.04 Å². The topological polar surface area (TPSA) is 35.8 Å². The summed E-state index contributed by atoms with van der Waals surface area (Å²) in [5.41, 5.74) is 2.98. The lowest BCUT2D eigenvalue weighted by Crippen LogP contribution is -2.31. The first kappa shape index (κ1) is 12.6. The first-order valence-electron chi connectivity index (χ1n) is 5.62. The Balaban J connectivity index is 3.02. The molecule has 0 heterocycles. The average Bonchev–Trinajstić information content (AvgIpc) is 2.19. The second-order valence-corrected chi connectivity index (χ2v) is 5.34. The van der Waals surface area contributed by atoms with Crippen molar-refractivity contribution in [3.05, 3.63) is 29.3 Å². The summed E-state index contributed by atoms with van der Waals surface area (Å²) in [5.74, 6) is 0. The summed E-state index contributed by atoms with van der Waals surface area (Å²) >= 11 is 0. The minimum atomic E-state index is 0.176. The molecule has 0 spiro atoms. The standard InChI is InChI=1S/C14H20N2/c1-10-7-6-8-12(9-15)13(10)16-11(2)14(3,4)5/h6-8,11,16H,1-5H3. The molecular weight excluding hydrogens is 196 g/mol. The second-order valence-electron chi connectivity index (χ2n) is 5.34. The minimum absolute atomic E-state index is 0.176. The number of anilines is 1. The van der Waals surface area contributed by atoms with Crippen LogP contribution in [0.2, 0.25) is 0 Å². The minimum Gasteiger partial charge on any atom is -0.381 e. The monoisotopic (exact) mass is 216 g/mol. The zero-order chi connectivity index (χ0) is 12.3. The second kappa shape index (κ2) is 4.57. The maximum absolute atomic E-state index is 9.07. The van der Waals surface area contributed by atoms with Crippen LogP contribution in [0.3, 0.4) is 0 Å². The number of hydrogen-bond donors (Lipinski definition) is 1. The molecule has 1 N–H and O–H groups in total. The van der Waals surface area contributed by atoms with Crippen LogP contribution < -0.4 is 5.32 Å².